The Morgan fingerprint density at radius 3 is 2.50 bits per heavy atom. The van der Waals surface area contributed by atoms with Gasteiger partial charge in [-0.1, -0.05) is 33.1 Å². The van der Waals surface area contributed by atoms with E-state index in [1.807, 2.05) is 0 Å². The maximum atomic E-state index is 11.0. The second-order valence-corrected chi connectivity index (χ2v) is 3.72. The minimum absolute atomic E-state index is 0.442. The third-order valence-corrected chi connectivity index (χ3v) is 2.35. The van der Waals surface area contributed by atoms with Gasteiger partial charge in [-0.3, -0.25) is 0 Å². The molecule has 14 heavy (non-hydrogen) atoms. The summed E-state index contributed by atoms with van der Waals surface area (Å²) in [6.07, 6.45) is 3.46. The number of unbranched alkanes of at least 4 members (excludes halogenated alkanes) is 1. The van der Waals surface area contributed by atoms with Crippen molar-refractivity contribution in [3.63, 3.8) is 0 Å². The molecule has 0 aliphatic carbocycles. The molecule has 0 saturated heterocycles. The first-order chi connectivity index (χ1) is 6.61. The van der Waals surface area contributed by atoms with Gasteiger partial charge in [-0.2, -0.15) is 0 Å². The average molecular weight is 202 g/mol. The molecule has 0 aromatic carbocycles. The van der Waals surface area contributed by atoms with Crippen molar-refractivity contribution in [2.75, 3.05) is 6.61 Å². The standard InChI is InChI=1S/C11H22O3/c1-4-6-7-10(5-2)8-14-11(13)9(3)12/h9-10,12H,4-8H2,1-3H3/t9-,10?/m1/s1. The summed E-state index contributed by atoms with van der Waals surface area (Å²) < 4.78 is 4.96. The maximum absolute atomic E-state index is 11.0. The molecule has 1 N–H and O–H groups in total. The number of aliphatic hydroxyl groups excluding tert-OH is 1. The number of carbonyl (C=O) groups is 1. The molecule has 1 unspecified atom stereocenters. The molecule has 84 valence electrons. The Labute approximate surface area is 86.5 Å². The Morgan fingerprint density at radius 2 is 2.07 bits per heavy atom. The van der Waals surface area contributed by atoms with E-state index in [0.717, 1.165) is 12.8 Å². The van der Waals surface area contributed by atoms with Crippen LogP contribution in [-0.4, -0.2) is 23.8 Å². The van der Waals surface area contributed by atoms with Crippen molar-refractivity contribution in [2.24, 2.45) is 5.92 Å². The van der Waals surface area contributed by atoms with Crippen molar-refractivity contribution in [3.05, 3.63) is 0 Å². The fourth-order valence-electron chi connectivity index (χ4n) is 1.22. The van der Waals surface area contributed by atoms with E-state index in [4.69, 9.17) is 9.84 Å². The van der Waals surface area contributed by atoms with Crippen molar-refractivity contribution >= 4 is 5.97 Å². The summed E-state index contributed by atoms with van der Waals surface area (Å²) in [5.41, 5.74) is 0. The van der Waals surface area contributed by atoms with Crippen LogP contribution in [0.2, 0.25) is 0 Å². The molecular weight excluding hydrogens is 180 g/mol. The van der Waals surface area contributed by atoms with Crippen LogP contribution in [0.3, 0.4) is 0 Å². The molecule has 0 bridgehead atoms. The van der Waals surface area contributed by atoms with Crippen molar-refractivity contribution in [3.8, 4) is 0 Å². The molecule has 0 aliphatic heterocycles. The fourth-order valence-corrected chi connectivity index (χ4v) is 1.22. The molecule has 0 rings (SSSR count). The second kappa shape index (κ2) is 7.80. The Morgan fingerprint density at radius 1 is 1.43 bits per heavy atom. The molecule has 0 amide bonds. The highest BCUT2D eigenvalue weighted by molar-refractivity contribution is 5.73. The number of esters is 1. The Kier molecular flexibility index (Phi) is 7.48. The number of hydrogen-bond donors (Lipinski definition) is 1. The van der Waals surface area contributed by atoms with E-state index in [-0.39, 0.29) is 0 Å². The first-order valence-electron chi connectivity index (χ1n) is 5.46. The molecule has 2 atom stereocenters. The van der Waals surface area contributed by atoms with E-state index in [1.54, 1.807) is 0 Å². The molecule has 0 aliphatic rings. The predicted octanol–water partition coefficient (Wildman–Crippen LogP) is 2.13. The molecular formula is C11H22O3. The highest BCUT2D eigenvalue weighted by atomic mass is 16.5. The van der Waals surface area contributed by atoms with Gasteiger partial charge in [0.1, 0.15) is 6.10 Å². The van der Waals surface area contributed by atoms with Gasteiger partial charge < -0.3 is 9.84 Å². The minimum atomic E-state index is -1.00. The predicted molar refractivity (Wildman–Crippen MR) is 55.9 cm³/mol. The molecule has 0 heterocycles. The molecule has 0 spiro atoms. The number of hydrogen-bond acceptors (Lipinski definition) is 3. The molecule has 0 aromatic heterocycles. The van der Waals surface area contributed by atoms with Gasteiger partial charge in [-0.15, -0.1) is 0 Å². The third-order valence-electron chi connectivity index (χ3n) is 2.35. The van der Waals surface area contributed by atoms with E-state index in [9.17, 15) is 4.79 Å². The molecule has 0 fully saturated rings. The smallest absolute Gasteiger partial charge is 0.334 e. The summed E-state index contributed by atoms with van der Waals surface area (Å²) >= 11 is 0. The number of carbonyl (C=O) groups excluding carboxylic acids is 1. The third kappa shape index (κ3) is 5.97. The van der Waals surface area contributed by atoms with Crippen molar-refractivity contribution in [2.45, 2.75) is 52.6 Å². The first-order valence-corrected chi connectivity index (χ1v) is 5.46. The Bertz CT molecular complexity index is 155. The summed E-state index contributed by atoms with van der Waals surface area (Å²) in [5, 5.41) is 8.91. The first kappa shape index (κ1) is 13.4. The largest absolute Gasteiger partial charge is 0.463 e. The highest BCUT2D eigenvalue weighted by Gasteiger charge is 2.13. The van der Waals surface area contributed by atoms with Gasteiger partial charge in [-0.05, 0) is 19.3 Å². The van der Waals surface area contributed by atoms with Gasteiger partial charge in [0, 0.05) is 0 Å². The monoisotopic (exact) mass is 202 g/mol. The van der Waals surface area contributed by atoms with Crippen LogP contribution in [-0.2, 0) is 9.53 Å². The van der Waals surface area contributed by atoms with Gasteiger partial charge in [0.15, 0.2) is 0 Å². The summed E-state index contributed by atoms with van der Waals surface area (Å²) in [7, 11) is 0. The van der Waals surface area contributed by atoms with Crippen LogP contribution >= 0.6 is 0 Å². The lowest BCUT2D eigenvalue weighted by Gasteiger charge is -2.15. The van der Waals surface area contributed by atoms with Crippen LogP contribution in [0.5, 0.6) is 0 Å². The summed E-state index contributed by atoms with van der Waals surface area (Å²) in [4.78, 5) is 11.0. The quantitative estimate of drug-likeness (QED) is 0.643. The Hall–Kier alpha value is -0.570. The van der Waals surface area contributed by atoms with Gasteiger partial charge >= 0.3 is 5.97 Å². The zero-order chi connectivity index (χ0) is 11.0. The number of rotatable bonds is 7. The maximum Gasteiger partial charge on any atom is 0.334 e. The Balaban J connectivity index is 3.66. The lowest BCUT2D eigenvalue weighted by atomic mass is 10.0. The summed E-state index contributed by atoms with van der Waals surface area (Å²) in [5.74, 6) is -0.0717. The van der Waals surface area contributed by atoms with Crippen LogP contribution < -0.4 is 0 Å². The molecule has 0 aromatic rings. The van der Waals surface area contributed by atoms with Crippen molar-refractivity contribution in [1.29, 1.82) is 0 Å². The summed E-state index contributed by atoms with van der Waals surface area (Å²) in [6.45, 7) is 6.11. The van der Waals surface area contributed by atoms with Crippen LogP contribution in [0.25, 0.3) is 0 Å². The van der Waals surface area contributed by atoms with E-state index in [0.29, 0.717) is 12.5 Å². The van der Waals surface area contributed by atoms with Gasteiger partial charge in [-0.25, -0.2) is 4.79 Å². The van der Waals surface area contributed by atoms with Gasteiger partial charge in [0.2, 0.25) is 0 Å². The van der Waals surface area contributed by atoms with Crippen molar-refractivity contribution in [1.82, 2.24) is 0 Å². The lowest BCUT2D eigenvalue weighted by Crippen LogP contribution is -2.22. The van der Waals surface area contributed by atoms with E-state index in [1.165, 1.54) is 19.8 Å². The lowest BCUT2D eigenvalue weighted by molar-refractivity contribution is -0.154. The molecule has 0 saturated carbocycles. The zero-order valence-corrected chi connectivity index (χ0v) is 9.45. The van der Waals surface area contributed by atoms with E-state index in [2.05, 4.69) is 13.8 Å². The zero-order valence-electron chi connectivity index (χ0n) is 9.45. The second-order valence-electron chi connectivity index (χ2n) is 3.72. The van der Waals surface area contributed by atoms with Crippen LogP contribution in [0, 0.1) is 5.92 Å². The van der Waals surface area contributed by atoms with Crippen LogP contribution in [0.1, 0.15) is 46.5 Å². The molecule has 3 heteroatoms. The molecule has 3 nitrogen and oxygen atoms in total. The van der Waals surface area contributed by atoms with E-state index >= 15 is 0 Å². The normalized spacial score (nSPS) is 14.9. The molecule has 0 radical (unpaired) electrons. The summed E-state index contributed by atoms with van der Waals surface area (Å²) in [6, 6.07) is 0. The fraction of sp³-hybridized carbons (Fsp3) is 0.909. The average Bonchev–Trinajstić information content (AvgIpc) is 2.17. The van der Waals surface area contributed by atoms with Crippen molar-refractivity contribution < 1.29 is 14.6 Å². The SMILES string of the molecule is CCCCC(CC)COC(=O)[C@@H](C)O. The highest BCUT2D eigenvalue weighted by Crippen LogP contribution is 2.12. The minimum Gasteiger partial charge on any atom is -0.463 e. The van der Waals surface area contributed by atoms with Crippen LogP contribution in [0.4, 0.5) is 0 Å². The van der Waals surface area contributed by atoms with Gasteiger partial charge in [0.05, 0.1) is 6.61 Å². The topological polar surface area (TPSA) is 46.5 Å². The van der Waals surface area contributed by atoms with Crippen LogP contribution in [0.15, 0.2) is 0 Å². The number of aliphatic hydroxyl groups is 1. The number of ether oxygens (including phenoxy) is 1. The van der Waals surface area contributed by atoms with E-state index < -0.39 is 12.1 Å². The van der Waals surface area contributed by atoms with Gasteiger partial charge in [0.25, 0.3) is 0 Å².